The van der Waals surface area contributed by atoms with E-state index in [1.165, 1.54) is 5.56 Å². The molecule has 0 saturated carbocycles. The van der Waals surface area contributed by atoms with E-state index in [1.807, 2.05) is 24.3 Å². The van der Waals surface area contributed by atoms with Gasteiger partial charge in [-0.25, -0.2) is 4.99 Å². The summed E-state index contributed by atoms with van der Waals surface area (Å²) in [6.07, 6.45) is 2.02. The van der Waals surface area contributed by atoms with Gasteiger partial charge in [-0.3, -0.25) is 0 Å². The molecule has 4 heteroatoms. The Morgan fingerprint density at radius 3 is 2.62 bits per heavy atom. The molecular formula is C20H27N3O. The molecule has 24 heavy (non-hydrogen) atoms. The van der Waals surface area contributed by atoms with Crippen LogP contribution in [0.3, 0.4) is 0 Å². The van der Waals surface area contributed by atoms with Gasteiger partial charge in [-0.1, -0.05) is 50.2 Å². The van der Waals surface area contributed by atoms with Gasteiger partial charge in [0.2, 0.25) is 0 Å². The highest BCUT2D eigenvalue weighted by Crippen LogP contribution is 2.13. The largest absolute Gasteiger partial charge is 0.377 e. The van der Waals surface area contributed by atoms with Crippen LogP contribution < -0.4 is 11.1 Å². The first kappa shape index (κ1) is 18.0. The molecule has 0 aliphatic heterocycles. The molecule has 0 unspecified atom stereocenters. The fourth-order valence-electron chi connectivity index (χ4n) is 2.41. The predicted octanol–water partition coefficient (Wildman–Crippen LogP) is 4.10. The summed E-state index contributed by atoms with van der Waals surface area (Å²) in [6.45, 7) is 6.17. The summed E-state index contributed by atoms with van der Waals surface area (Å²) >= 11 is 0. The van der Waals surface area contributed by atoms with Crippen LogP contribution in [0.25, 0.3) is 0 Å². The SMILES string of the molecule is CCCOCc1ccccc1CN=C(N)Nc1cccc(CC)c1. The van der Waals surface area contributed by atoms with Crippen LogP contribution in [0, 0.1) is 0 Å². The molecular weight excluding hydrogens is 298 g/mol. The lowest BCUT2D eigenvalue weighted by molar-refractivity contribution is 0.121. The Labute approximate surface area is 144 Å². The van der Waals surface area contributed by atoms with E-state index in [0.717, 1.165) is 36.3 Å². The number of aliphatic imine (C=N–C) groups is 1. The van der Waals surface area contributed by atoms with Crippen molar-refractivity contribution in [2.24, 2.45) is 10.7 Å². The lowest BCUT2D eigenvalue weighted by Gasteiger charge is -2.10. The number of hydrogen-bond acceptors (Lipinski definition) is 2. The van der Waals surface area contributed by atoms with E-state index in [-0.39, 0.29) is 0 Å². The molecule has 2 aromatic rings. The summed E-state index contributed by atoms with van der Waals surface area (Å²) in [5, 5.41) is 3.16. The van der Waals surface area contributed by atoms with Gasteiger partial charge in [-0.2, -0.15) is 0 Å². The Kier molecular flexibility index (Phi) is 7.30. The van der Waals surface area contributed by atoms with Crippen LogP contribution in [-0.4, -0.2) is 12.6 Å². The Hall–Kier alpha value is -2.33. The highest BCUT2D eigenvalue weighted by Gasteiger charge is 2.02. The summed E-state index contributed by atoms with van der Waals surface area (Å²) < 4.78 is 5.64. The third-order valence-corrected chi connectivity index (χ3v) is 3.75. The first-order chi connectivity index (χ1) is 11.7. The number of hydrogen-bond donors (Lipinski definition) is 2. The van der Waals surface area contributed by atoms with Crippen molar-refractivity contribution in [3.8, 4) is 0 Å². The summed E-state index contributed by atoms with van der Waals surface area (Å²) in [4.78, 5) is 4.46. The Balaban J connectivity index is 1.99. The summed E-state index contributed by atoms with van der Waals surface area (Å²) in [5.41, 5.74) is 10.6. The number of rotatable bonds is 8. The first-order valence-electron chi connectivity index (χ1n) is 8.53. The molecule has 0 bridgehead atoms. The number of guanidine groups is 1. The smallest absolute Gasteiger partial charge is 0.193 e. The number of anilines is 1. The van der Waals surface area contributed by atoms with Gasteiger partial charge < -0.3 is 15.8 Å². The lowest BCUT2D eigenvalue weighted by atomic mass is 10.1. The van der Waals surface area contributed by atoms with E-state index in [4.69, 9.17) is 10.5 Å². The second kappa shape index (κ2) is 9.73. The molecule has 0 atom stereocenters. The van der Waals surface area contributed by atoms with Crippen molar-refractivity contribution in [2.75, 3.05) is 11.9 Å². The molecule has 0 aromatic heterocycles. The Bertz CT molecular complexity index is 667. The van der Waals surface area contributed by atoms with Crippen LogP contribution in [-0.2, 0) is 24.3 Å². The van der Waals surface area contributed by atoms with Crippen LogP contribution in [0.1, 0.15) is 37.0 Å². The zero-order valence-electron chi connectivity index (χ0n) is 14.6. The quantitative estimate of drug-likeness (QED) is 0.436. The molecule has 0 heterocycles. The normalized spacial score (nSPS) is 11.5. The van der Waals surface area contributed by atoms with Crippen molar-refractivity contribution in [3.05, 3.63) is 65.2 Å². The molecule has 0 spiro atoms. The van der Waals surface area contributed by atoms with Gasteiger partial charge in [0.1, 0.15) is 0 Å². The molecule has 0 aliphatic carbocycles. The first-order valence-corrected chi connectivity index (χ1v) is 8.53. The van der Waals surface area contributed by atoms with Gasteiger partial charge >= 0.3 is 0 Å². The van der Waals surface area contributed by atoms with Crippen LogP contribution in [0.2, 0.25) is 0 Å². The Morgan fingerprint density at radius 2 is 1.88 bits per heavy atom. The fraction of sp³-hybridized carbons (Fsp3) is 0.350. The second-order valence-electron chi connectivity index (χ2n) is 5.70. The van der Waals surface area contributed by atoms with Crippen LogP contribution in [0.5, 0.6) is 0 Å². The third kappa shape index (κ3) is 5.70. The number of nitrogens with two attached hydrogens (primary N) is 1. The average molecular weight is 325 g/mol. The van der Waals surface area contributed by atoms with Gasteiger partial charge in [0.25, 0.3) is 0 Å². The number of benzene rings is 2. The van der Waals surface area contributed by atoms with E-state index in [1.54, 1.807) is 0 Å². The molecule has 4 nitrogen and oxygen atoms in total. The van der Waals surface area contributed by atoms with E-state index >= 15 is 0 Å². The predicted molar refractivity (Wildman–Crippen MR) is 101 cm³/mol. The highest BCUT2D eigenvalue weighted by molar-refractivity contribution is 5.92. The summed E-state index contributed by atoms with van der Waals surface area (Å²) in [7, 11) is 0. The molecule has 0 radical (unpaired) electrons. The minimum atomic E-state index is 0.424. The Morgan fingerprint density at radius 1 is 1.08 bits per heavy atom. The third-order valence-electron chi connectivity index (χ3n) is 3.75. The van der Waals surface area contributed by atoms with E-state index in [9.17, 15) is 0 Å². The van der Waals surface area contributed by atoms with Gasteiger partial charge in [-0.15, -0.1) is 0 Å². The number of ether oxygens (including phenoxy) is 1. The second-order valence-corrected chi connectivity index (χ2v) is 5.70. The zero-order valence-corrected chi connectivity index (χ0v) is 14.6. The molecule has 2 rings (SSSR count). The van der Waals surface area contributed by atoms with Crippen molar-refractivity contribution >= 4 is 11.6 Å². The lowest BCUT2D eigenvalue weighted by Crippen LogP contribution is -2.22. The zero-order chi connectivity index (χ0) is 17.2. The number of nitrogens with zero attached hydrogens (tertiary/aromatic N) is 1. The maximum absolute atomic E-state index is 6.02. The fourth-order valence-corrected chi connectivity index (χ4v) is 2.41. The minimum Gasteiger partial charge on any atom is -0.377 e. The number of aryl methyl sites for hydroxylation is 1. The molecule has 0 fully saturated rings. The van der Waals surface area contributed by atoms with Crippen molar-refractivity contribution in [1.82, 2.24) is 0 Å². The van der Waals surface area contributed by atoms with Crippen molar-refractivity contribution in [2.45, 2.75) is 39.8 Å². The van der Waals surface area contributed by atoms with E-state index in [0.29, 0.717) is 19.1 Å². The van der Waals surface area contributed by atoms with Gasteiger partial charge in [0.05, 0.1) is 13.2 Å². The van der Waals surface area contributed by atoms with E-state index < -0.39 is 0 Å². The standard InChI is InChI=1S/C20H27N3O/c1-3-12-24-15-18-10-6-5-9-17(18)14-22-20(21)23-19-11-7-8-16(4-2)13-19/h5-11,13H,3-4,12,14-15H2,1-2H3,(H3,21,22,23). The average Bonchev–Trinajstić information content (AvgIpc) is 2.61. The van der Waals surface area contributed by atoms with Crippen molar-refractivity contribution < 1.29 is 4.74 Å². The van der Waals surface area contributed by atoms with Crippen molar-refractivity contribution in [3.63, 3.8) is 0 Å². The van der Waals surface area contributed by atoms with Crippen LogP contribution >= 0.6 is 0 Å². The minimum absolute atomic E-state index is 0.424. The molecule has 0 amide bonds. The van der Waals surface area contributed by atoms with Crippen molar-refractivity contribution in [1.29, 1.82) is 0 Å². The van der Waals surface area contributed by atoms with Crippen LogP contribution in [0.15, 0.2) is 53.5 Å². The molecule has 3 N–H and O–H groups in total. The summed E-state index contributed by atoms with van der Waals surface area (Å²) in [6, 6.07) is 16.4. The topological polar surface area (TPSA) is 59.6 Å². The van der Waals surface area contributed by atoms with Gasteiger partial charge in [0.15, 0.2) is 5.96 Å². The number of nitrogens with one attached hydrogen (secondary N) is 1. The molecule has 0 saturated heterocycles. The molecule has 128 valence electrons. The molecule has 2 aromatic carbocycles. The highest BCUT2D eigenvalue weighted by atomic mass is 16.5. The summed E-state index contributed by atoms with van der Waals surface area (Å²) in [5.74, 6) is 0.424. The monoisotopic (exact) mass is 325 g/mol. The van der Waals surface area contributed by atoms with Crippen LogP contribution in [0.4, 0.5) is 5.69 Å². The molecule has 0 aliphatic rings. The van der Waals surface area contributed by atoms with Gasteiger partial charge in [0, 0.05) is 12.3 Å². The van der Waals surface area contributed by atoms with E-state index in [2.05, 4.69) is 48.4 Å². The van der Waals surface area contributed by atoms with Gasteiger partial charge in [-0.05, 0) is 41.7 Å². The maximum atomic E-state index is 6.02. The maximum Gasteiger partial charge on any atom is 0.193 e.